The Bertz CT molecular complexity index is 1270. The van der Waals surface area contributed by atoms with Crippen molar-refractivity contribution in [2.45, 2.75) is 43.6 Å². The van der Waals surface area contributed by atoms with Crippen molar-refractivity contribution in [2.75, 3.05) is 5.32 Å². The van der Waals surface area contributed by atoms with Crippen molar-refractivity contribution in [3.05, 3.63) is 77.0 Å². The maximum atomic E-state index is 12.9. The summed E-state index contributed by atoms with van der Waals surface area (Å²) in [6.07, 6.45) is 5.97. The molecule has 1 saturated carbocycles. The van der Waals surface area contributed by atoms with Gasteiger partial charge in [0.1, 0.15) is 17.9 Å². The van der Waals surface area contributed by atoms with Crippen molar-refractivity contribution in [1.29, 1.82) is 0 Å². The second-order valence-electron chi connectivity index (χ2n) is 8.63. The number of hydrogen-bond acceptors (Lipinski definition) is 7. The van der Waals surface area contributed by atoms with Crippen molar-refractivity contribution in [3.8, 4) is 11.1 Å². The molecule has 1 amide bonds. The van der Waals surface area contributed by atoms with E-state index in [4.69, 9.17) is 4.74 Å². The summed E-state index contributed by atoms with van der Waals surface area (Å²) in [4.78, 5) is 33.4. The third-order valence-electron chi connectivity index (χ3n) is 6.53. The van der Waals surface area contributed by atoms with Gasteiger partial charge in [0.2, 0.25) is 5.95 Å². The van der Waals surface area contributed by atoms with Gasteiger partial charge < -0.3 is 15.1 Å². The molecular formula is C24H21FN4O5. The Hall–Kier alpha value is -3.92. The Labute approximate surface area is 193 Å². The van der Waals surface area contributed by atoms with E-state index in [1.54, 1.807) is 24.3 Å². The Morgan fingerprint density at radius 2 is 1.91 bits per heavy atom. The Morgan fingerprint density at radius 1 is 1.18 bits per heavy atom. The molecule has 0 atom stereocenters. The highest BCUT2D eigenvalue weighted by molar-refractivity contribution is 5.96. The minimum absolute atomic E-state index is 0.0212. The standard InChI is InChI=1S/C24H21FN4O5/c25-11-15-2-1-3-16(10-15)17-12-26-22(27-13-17)28-21(31)23(32)5-7-24(8-6-23)19-14-29(33)9-4-18(19)20(30)34-24/h1-4,9-10,12-14,32H,5-8,11H2,(H,26,27,28,31)/t23-,24+. The molecule has 1 aromatic carbocycles. The van der Waals surface area contributed by atoms with Gasteiger partial charge in [0.15, 0.2) is 12.4 Å². The van der Waals surface area contributed by atoms with Gasteiger partial charge in [-0.3, -0.25) is 10.1 Å². The van der Waals surface area contributed by atoms with Gasteiger partial charge in [-0.25, -0.2) is 19.2 Å². The number of aliphatic hydroxyl groups is 1. The van der Waals surface area contributed by atoms with E-state index in [1.807, 2.05) is 0 Å². The highest BCUT2D eigenvalue weighted by Crippen LogP contribution is 2.48. The Kier molecular flexibility index (Phi) is 5.24. The number of amides is 1. The van der Waals surface area contributed by atoms with Crippen LogP contribution >= 0.6 is 0 Å². The minimum Gasteiger partial charge on any atom is -0.619 e. The predicted molar refractivity (Wildman–Crippen MR) is 117 cm³/mol. The van der Waals surface area contributed by atoms with Crippen LogP contribution in [0, 0.1) is 5.21 Å². The van der Waals surface area contributed by atoms with E-state index in [0.29, 0.717) is 27.0 Å². The topological polar surface area (TPSA) is 128 Å². The van der Waals surface area contributed by atoms with Crippen molar-refractivity contribution < 1.29 is 28.6 Å². The van der Waals surface area contributed by atoms with Gasteiger partial charge in [-0.1, -0.05) is 18.2 Å². The van der Waals surface area contributed by atoms with Gasteiger partial charge in [-0.2, -0.15) is 4.73 Å². The van der Waals surface area contributed by atoms with Crippen LogP contribution in [0.2, 0.25) is 0 Å². The molecular weight excluding hydrogens is 443 g/mol. The molecule has 1 aliphatic heterocycles. The first-order valence-corrected chi connectivity index (χ1v) is 10.8. The predicted octanol–water partition coefficient (Wildman–Crippen LogP) is 2.56. The van der Waals surface area contributed by atoms with Gasteiger partial charge in [-0.15, -0.1) is 0 Å². The van der Waals surface area contributed by atoms with Gasteiger partial charge in [0.05, 0.1) is 11.1 Å². The lowest BCUT2D eigenvalue weighted by molar-refractivity contribution is -0.606. The van der Waals surface area contributed by atoms with Crippen molar-refractivity contribution in [1.82, 2.24) is 9.97 Å². The molecule has 0 bridgehead atoms. The highest BCUT2D eigenvalue weighted by atomic mass is 19.1. The molecule has 1 spiro atoms. The van der Waals surface area contributed by atoms with Gasteiger partial charge >= 0.3 is 5.97 Å². The van der Waals surface area contributed by atoms with Crippen molar-refractivity contribution in [3.63, 3.8) is 0 Å². The first kappa shape index (κ1) is 21.9. The van der Waals surface area contributed by atoms with Crippen LogP contribution in [0.1, 0.15) is 47.2 Å². The summed E-state index contributed by atoms with van der Waals surface area (Å²) in [5.41, 5.74) is 0.00573. The minimum atomic E-state index is -1.71. The van der Waals surface area contributed by atoms with E-state index in [-0.39, 0.29) is 31.6 Å². The van der Waals surface area contributed by atoms with Crippen molar-refractivity contribution >= 4 is 17.8 Å². The summed E-state index contributed by atoms with van der Waals surface area (Å²) in [7, 11) is 0. The van der Waals surface area contributed by atoms with Crippen LogP contribution in [0.4, 0.5) is 10.3 Å². The largest absolute Gasteiger partial charge is 0.619 e. The summed E-state index contributed by atoms with van der Waals surface area (Å²) in [6, 6.07) is 8.33. The molecule has 2 aromatic heterocycles. The number of carbonyl (C=O) groups is 2. The van der Waals surface area contributed by atoms with Crippen LogP contribution in [0.5, 0.6) is 0 Å². The summed E-state index contributed by atoms with van der Waals surface area (Å²) >= 11 is 0. The lowest BCUT2D eigenvalue weighted by Crippen LogP contribution is -2.49. The fourth-order valence-electron chi connectivity index (χ4n) is 4.57. The SMILES string of the molecule is O=C1O[C@]2(CC[C@](O)(C(=O)Nc3ncc(-c4cccc(CF)c4)cn3)CC2)c2c[n+]([O-])ccc21. The summed E-state index contributed by atoms with van der Waals surface area (Å²) in [5, 5.41) is 25.3. The molecule has 9 nitrogen and oxygen atoms in total. The Morgan fingerprint density at radius 3 is 2.62 bits per heavy atom. The number of carbonyl (C=O) groups excluding carboxylic acids is 2. The molecule has 3 heterocycles. The molecule has 2 N–H and O–H groups in total. The molecule has 1 aliphatic carbocycles. The number of rotatable bonds is 4. The third kappa shape index (κ3) is 3.75. The smallest absolute Gasteiger partial charge is 0.339 e. The normalized spacial score (nSPS) is 23.4. The third-order valence-corrected chi connectivity index (χ3v) is 6.53. The number of nitrogens with one attached hydrogen (secondary N) is 1. The maximum Gasteiger partial charge on any atom is 0.339 e. The molecule has 1 fully saturated rings. The molecule has 3 aromatic rings. The highest BCUT2D eigenvalue weighted by Gasteiger charge is 2.54. The van der Waals surface area contributed by atoms with Crippen molar-refractivity contribution in [2.24, 2.45) is 0 Å². The van der Waals surface area contributed by atoms with Gasteiger partial charge in [0, 0.05) is 24.0 Å². The van der Waals surface area contributed by atoms with Crippen LogP contribution in [-0.2, 0) is 21.8 Å². The van der Waals surface area contributed by atoms with Crippen LogP contribution < -0.4 is 10.0 Å². The molecule has 5 rings (SSSR count). The van der Waals surface area contributed by atoms with E-state index in [9.17, 15) is 24.3 Å². The number of alkyl halides is 1. The molecule has 0 radical (unpaired) electrons. The van der Waals surface area contributed by atoms with Gasteiger partial charge in [0.25, 0.3) is 5.91 Å². The summed E-state index contributed by atoms with van der Waals surface area (Å²) in [5.74, 6) is -1.16. The number of aromatic nitrogens is 3. The number of benzene rings is 1. The molecule has 10 heteroatoms. The number of esters is 1. The van der Waals surface area contributed by atoms with Crippen LogP contribution in [-0.4, -0.2) is 32.6 Å². The van der Waals surface area contributed by atoms with E-state index in [0.717, 1.165) is 5.56 Å². The van der Waals surface area contributed by atoms with E-state index < -0.39 is 29.8 Å². The molecule has 0 unspecified atom stereocenters. The number of hydrogen-bond donors (Lipinski definition) is 2. The van der Waals surface area contributed by atoms with E-state index >= 15 is 0 Å². The lowest BCUT2D eigenvalue weighted by Gasteiger charge is -2.39. The zero-order valence-electron chi connectivity index (χ0n) is 18.0. The van der Waals surface area contributed by atoms with Crippen LogP contribution in [0.15, 0.2) is 55.1 Å². The molecule has 0 saturated heterocycles. The van der Waals surface area contributed by atoms with Crippen LogP contribution in [0.3, 0.4) is 0 Å². The first-order valence-electron chi connectivity index (χ1n) is 10.8. The fraction of sp³-hybridized carbons (Fsp3) is 0.292. The zero-order chi connectivity index (χ0) is 23.9. The average Bonchev–Trinajstić information content (AvgIpc) is 3.12. The second kappa shape index (κ2) is 8.14. The summed E-state index contributed by atoms with van der Waals surface area (Å²) < 4.78 is 19.1. The number of ether oxygens (including phenoxy) is 1. The van der Waals surface area contributed by atoms with Gasteiger partial charge in [-0.05, 0) is 42.9 Å². The second-order valence-corrected chi connectivity index (χ2v) is 8.63. The number of fused-ring (bicyclic) bond motifs is 2. The lowest BCUT2D eigenvalue weighted by atomic mass is 9.73. The monoisotopic (exact) mass is 464 g/mol. The first-order chi connectivity index (χ1) is 16.3. The average molecular weight is 464 g/mol. The molecule has 2 aliphatic rings. The fourth-order valence-corrected chi connectivity index (χ4v) is 4.57. The number of pyridine rings is 1. The van der Waals surface area contributed by atoms with E-state index in [2.05, 4.69) is 15.3 Å². The Balaban J connectivity index is 1.27. The number of anilines is 1. The number of nitrogens with zero attached hydrogens (tertiary/aromatic N) is 3. The van der Waals surface area contributed by atoms with E-state index in [1.165, 1.54) is 30.9 Å². The summed E-state index contributed by atoms with van der Waals surface area (Å²) in [6.45, 7) is -0.579. The maximum absolute atomic E-state index is 12.9. The number of halogens is 1. The van der Waals surface area contributed by atoms with Crippen LogP contribution in [0.25, 0.3) is 11.1 Å². The quantitative estimate of drug-likeness (QED) is 0.345. The molecule has 34 heavy (non-hydrogen) atoms. The molecule has 174 valence electrons. The zero-order valence-corrected chi connectivity index (χ0v) is 18.0.